The van der Waals surface area contributed by atoms with Gasteiger partial charge in [-0.2, -0.15) is 18.3 Å². The molecule has 2 heterocycles. The van der Waals surface area contributed by atoms with E-state index in [1.54, 1.807) is 18.5 Å². The topological polar surface area (TPSA) is 47.4 Å². The third-order valence-corrected chi connectivity index (χ3v) is 6.36. The molecule has 0 N–H and O–H groups in total. The van der Waals surface area contributed by atoms with E-state index in [0.717, 1.165) is 6.07 Å². The van der Waals surface area contributed by atoms with Crippen molar-refractivity contribution in [3.05, 3.63) is 63.1 Å². The summed E-state index contributed by atoms with van der Waals surface area (Å²) in [4.78, 5) is 13.9. The van der Waals surface area contributed by atoms with Gasteiger partial charge in [0, 0.05) is 36.1 Å². The van der Waals surface area contributed by atoms with Crippen molar-refractivity contribution in [2.24, 2.45) is 0 Å². The largest absolute Gasteiger partial charge is 0.465 e. The number of hydrogen-bond acceptors (Lipinski definition) is 4. The maximum Gasteiger partial charge on any atom is 0.416 e. The van der Waals surface area contributed by atoms with Crippen molar-refractivity contribution < 1.29 is 27.1 Å². The van der Waals surface area contributed by atoms with E-state index < -0.39 is 23.5 Å². The van der Waals surface area contributed by atoms with E-state index in [1.165, 1.54) is 25.3 Å². The zero-order valence-electron chi connectivity index (χ0n) is 18.3. The fourth-order valence-corrected chi connectivity index (χ4v) is 4.81. The van der Waals surface area contributed by atoms with Crippen molar-refractivity contribution >= 4 is 28.5 Å². The van der Waals surface area contributed by atoms with Crippen molar-refractivity contribution in [2.75, 3.05) is 20.2 Å². The zero-order valence-corrected chi connectivity index (χ0v) is 19.0. The molecular weight excluding hydrogens is 462 g/mol. The molecule has 0 amide bonds. The van der Waals surface area contributed by atoms with Crippen LogP contribution in [-0.4, -0.2) is 40.8 Å². The lowest BCUT2D eigenvalue weighted by Gasteiger charge is -2.20. The number of benzene rings is 2. The average Bonchev–Trinajstić information content (AvgIpc) is 3.32. The van der Waals surface area contributed by atoms with Crippen LogP contribution in [0.1, 0.15) is 45.2 Å². The monoisotopic (exact) mass is 483 g/mol. The lowest BCUT2D eigenvalue weighted by atomic mass is 10.0. The number of alkyl halides is 3. The van der Waals surface area contributed by atoms with Crippen LogP contribution >= 0.6 is 11.6 Å². The predicted octanol–water partition coefficient (Wildman–Crippen LogP) is 5.70. The molecule has 1 aliphatic heterocycles. The van der Waals surface area contributed by atoms with Crippen LogP contribution in [0.4, 0.5) is 17.6 Å². The summed E-state index contributed by atoms with van der Waals surface area (Å²) in [5.41, 5.74) is 0.924. The molecule has 5 nitrogen and oxygen atoms in total. The van der Waals surface area contributed by atoms with Crippen LogP contribution in [0.25, 0.3) is 10.9 Å². The van der Waals surface area contributed by atoms with Crippen LogP contribution in [0.3, 0.4) is 0 Å². The summed E-state index contributed by atoms with van der Waals surface area (Å²) >= 11 is 5.78. The molecule has 0 bridgehead atoms. The van der Waals surface area contributed by atoms with Gasteiger partial charge in [-0.15, -0.1) is 0 Å². The first-order chi connectivity index (χ1) is 15.5. The molecule has 1 aromatic heterocycles. The van der Waals surface area contributed by atoms with E-state index in [1.807, 2.05) is 4.90 Å². The molecule has 10 heteroatoms. The SMILES string of the molecule is COC(=O)c1c(F)cc2c(c(C)nn2C2CCN(Cc3ccc(Cl)cc3C(F)(F)F)C2)c1C. The van der Waals surface area contributed by atoms with Crippen LogP contribution in [0.5, 0.6) is 0 Å². The van der Waals surface area contributed by atoms with E-state index in [9.17, 15) is 22.4 Å². The van der Waals surface area contributed by atoms with Gasteiger partial charge in [-0.3, -0.25) is 9.58 Å². The number of hydrogen-bond donors (Lipinski definition) is 0. The first kappa shape index (κ1) is 23.5. The van der Waals surface area contributed by atoms with Gasteiger partial charge in [-0.05, 0) is 43.5 Å². The smallest absolute Gasteiger partial charge is 0.416 e. The van der Waals surface area contributed by atoms with Crippen LogP contribution in [0.15, 0.2) is 24.3 Å². The summed E-state index contributed by atoms with van der Waals surface area (Å²) < 4.78 is 61.6. The minimum absolute atomic E-state index is 0.0348. The maximum atomic E-state index is 14.8. The molecule has 4 rings (SSSR count). The third-order valence-electron chi connectivity index (χ3n) is 6.13. The number of rotatable bonds is 4. The normalized spacial score (nSPS) is 17.2. The molecule has 33 heavy (non-hydrogen) atoms. The summed E-state index contributed by atoms with van der Waals surface area (Å²) in [5.74, 6) is -1.45. The van der Waals surface area contributed by atoms with Gasteiger partial charge in [-0.25, -0.2) is 9.18 Å². The Morgan fingerprint density at radius 2 is 2.00 bits per heavy atom. The van der Waals surface area contributed by atoms with Crippen molar-refractivity contribution in [1.29, 1.82) is 0 Å². The Bertz CT molecular complexity index is 1240. The van der Waals surface area contributed by atoms with Crippen LogP contribution in [0.2, 0.25) is 5.02 Å². The molecule has 0 aliphatic carbocycles. The Hall–Kier alpha value is -2.65. The average molecular weight is 484 g/mol. The second-order valence-electron chi connectivity index (χ2n) is 8.25. The van der Waals surface area contributed by atoms with Gasteiger partial charge in [0.1, 0.15) is 5.82 Å². The molecule has 176 valence electrons. The zero-order chi connectivity index (χ0) is 24.1. The Morgan fingerprint density at radius 3 is 2.67 bits per heavy atom. The van der Waals surface area contributed by atoms with Gasteiger partial charge in [0.05, 0.1) is 35.5 Å². The Kier molecular flexibility index (Phi) is 6.13. The minimum atomic E-state index is -4.50. The molecule has 1 atom stereocenters. The fourth-order valence-electron chi connectivity index (χ4n) is 4.64. The number of carbonyl (C=O) groups excluding carboxylic acids is 1. The van der Waals surface area contributed by atoms with Crippen molar-refractivity contribution in [2.45, 2.75) is 39.0 Å². The van der Waals surface area contributed by atoms with Crippen LogP contribution in [-0.2, 0) is 17.5 Å². The number of fused-ring (bicyclic) bond motifs is 1. The first-order valence-electron chi connectivity index (χ1n) is 10.4. The Labute approximate surface area is 192 Å². The van der Waals surface area contributed by atoms with E-state index >= 15 is 0 Å². The molecule has 1 saturated heterocycles. The first-order valence-corrected chi connectivity index (χ1v) is 10.7. The number of likely N-dealkylation sites (tertiary alicyclic amines) is 1. The highest BCUT2D eigenvalue weighted by Gasteiger charge is 2.35. The second-order valence-corrected chi connectivity index (χ2v) is 8.69. The number of methoxy groups -OCH3 is 1. The van der Waals surface area contributed by atoms with Crippen molar-refractivity contribution in [3.8, 4) is 0 Å². The summed E-state index contributed by atoms with van der Waals surface area (Å²) in [5, 5.41) is 5.29. The van der Waals surface area contributed by atoms with Gasteiger partial charge in [-0.1, -0.05) is 17.7 Å². The summed E-state index contributed by atoms with van der Waals surface area (Å²) in [6, 6.07) is 4.93. The summed E-state index contributed by atoms with van der Waals surface area (Å²) in [6.45, 7) is 4.56. The third kappa shape index (κ3) is 4.31. The quantitative estimate of drug-likeness (QED) is 0.353. The van der Waals surface area contributed by atoms with E-state index in [0.29, 0.717) is 41.7 Å². The van der Waals surface area contributed by atoms with Crippen LogP contribution in [0, 0.1) is 19.7 Å². The molecule has 0 spiro atoms. The second kappa shape index (κ2) is 8.61. The number of esters is 1. The highest BCUT2D eigenvalue weighted by atomic mass is 35.5. The maximum absolute atomic E-state index is 14.8. The summed E-state index contributed by atoms with van der Waals surface area (Å²) in [6.07, 6.45) is -3.86. The van der Waals surface area contributed by atoms with Crippen molar-refractivity contribution in [1.82, 2.24) is 14.7 Å². The molecule has 2 aromatic carbocycles. The molecule has 0 saturated carbocycles. The fraction of sp³-hybridized carbons (Fsp3) is 0.391. The van der Waals surface area contributed by atoms with Crippen molar-refractivity contribution in [3.63, 3.8) is 0 Å². The molecule has 3 aromatic rings. The van der Waals surface area contributed by atoms with Gasteiger partial charge in [0.2, 0.25) is 0 Å². The highest BCUT2D eigenvalue weighted by molar-refractivity contribution is 6.30. The minimum Gasteiger partial charge on any atom is -0.465 e. The number of aromatic nitrogens is 2. The van der Waals surface area contributed by atoms with Gasteiger partial charge in [0.15, 0.2) is 0 Å². The van der Waals surface area contributed by atoms with E-state index in [-0.39, 0.29) is 28.7 Å². The van der Waals surface area contributed by atoms with Gasteiger partial charge < -0.3 is 4.74 Å². The molecule has 1 aliphatic rings. The molecule has 1 unspecified atom stereocenters. The van der Waals surface area contributed by atoms with Crippen LogP contribution < -0.4 is 0 Å². The highest BCUT2D eigenvalue weighted by Crippen LogP contribution is 2.36. The van der Waals surface area contributed by atoms with Gasteiger partial charge >= 0.3 is 12.1 Å². The number of ether oxygens (including phenoxy) is 1. The van der Waals surface area contributed by atoms with E-state index in [4.69, 9.17) is 16.3 Å². The van der Waals surface area contributed by atoms with Gasteiger partial charge in [0.25, 0.3) is 0 Å². The molecule has 0 radical (unpaired) electrons. The lowest BCUT2D eigenvalue weighted by Crippen LogP contribution is -2.23. The number of carbonyl (C=O) groups is 1. The standard InChI is InChI=1S/C23H22ClF4N3O2/c1-12-20-13(2)29-31(19(20)9-18(25)21(12)22(32)33-3)16-6-7-30(11-16)10-14-4-5-15(24)8-17(14)23(26,27)28/h4-5,8-9,16H,6-7,10-11H2,1-3H3. The Balaban J connectivity index is 1.63. The molecular formula is C23H22ClF4N3O2. The van der Waals surface area contributed by atoms with E-state index in [2.05, 4.69) is 5.10 Å². The molecule has 1 fully saturated rings. The summed E-state index contributed by atoms with van der Waals surface area (Å²) in [7, 11) is 1.19. The number of nitrogens with zero attached hydrogens (tertiary/aromatic N) is 3. The predicted molar refractivity (Wildman–Crippen MR) is 116 cm³/mol. The number of halogens is 5. The number of aryl methyl sites for hydroxylation is 2. The lowest BCUT2D eigenvalue weighted by molar-refractivity contribution is -0.138. The Morgan fingerprint density at radius 1 is 1.27 bits per heavy atom.